The molecule has 2 N–H and O–H groups in total. The third-order valence-electron chi connectivity index (χ3n) is 3.28. The summed E-state index contributed by atoms with van der Waals surface area (Å²) in [5.74, 6) is 0.432. The molecule has 0 saturated carbocycles. The number of rotatable bonds is 5. The fraction of sp³-hybridized carbons (Fsp3) is 0.438. The van der Waals surface area contributed by atoms with Crippen molar-refractivity contribution in [3.05, 3.63) is 46.0 Å². The molecule has 3 heteroatoms. The van der Waals surface area contributed by atoms with E-state index in [1.165, 1.54) is 22.4 Å². The monoisotopic (exact) mass is 274 g/mol. The van der Waals surface area contributed by atoms with Crippen molar-refractivity contribution in [2.45, 2.75) is 46.0 Å². The fourth-order valence-corrected chi connectivity index (χ4v) is 3.39. The van der Waals surface area contributed by atoms with Gasteiger partial charge < -0.3 is 5.73 Å². The molecule has 19 heavy (non-hydrogen) atoms. The van der Waals surface area contributed by atoms with Crippen molar-refractivity contribution in [3.8, 4) is 0 Å². The summed E-state index contributed by atoms with van der Waals surface area (Å²) in [6.07, 6.45) is 3.28. The fourth-order valence-electron chi connectivity index (χ4n) is 2.38. The Bertz CT molecular complexity index is 543. The van der Waals surface area contributed by atoms with E-state index in [2.05, 4.69) is 50.0 Å². The zero-order valence-electron chi connectivity index (χ0n) is 11.9. The Morgan fingerprint density at radius 1 is 1.21 bits per heavy atom. The van der Waals surface area contributed by atoms with E-state index in [1.807, 2.05) is 0 Å². The van der Waals surface area contributed by atoms with Gasteiger partial charge in [0.05, 0.1) is 5.69 Å². The largest absolute Gasteiger partial charge is 0.375 e. The minimum Gasteiger partial charge on any atom is -0.375 e. The predicted molar refractivity (Wildman–Crippen MR) is 83.9 cm³/mol. The molecule has 0 amide bonds. The van der Waals surface area contributed by atoms with Crippen LogP contribution in [0.2, 0.25) is 0 Å². The van der Waals surface area contributed by atoms with Gasteiger partial charge in [-0.3, -0.25) is 0 Å². The van der Waals surface area contributed by atoms with E-state index in [1.54, 1.807) is 11.3 Å². The summed E-state index contributed by atoms with van der Waals surface area (Å²) in [4.78, 5) is 5.79. The molecule has 0 unspecified atom stereocenters. The first-order chi connectivity index (χ1) is 9.11. The van der Waals surface area contributed by atoms with Crippen LogP contribution in [0, 0.1) is 0 Å². The van der Waals surface area contributed by atoms with Gasteiger partial charge in [-0.1, -0.05) is 51.5 Å². The van der Waals surface area contributed by atoms with Crippen LogP contribution in [0.5, 0.6) is 0 Å². The number of nitrogens with zero attached hydrogens (tertiary/aromatic N) is 1. The number of hydrogen-bond donors (Lipinski definition) is 1. The van der Waals surface area contributed by atoms with Crippen LogP contribution in [-0.4, -0.2) is 4.98 Å². The van der Waals surface area contributed by atoms with E-state index in [9.17, 15) is 0 Å². The molecule has 0 aliphatic rings. The molecule has 2 rings (SSSR count). The van der Waals surface area contributed by atoms with Crippen molar-refractivity contribution in [3.63, 3.8) is 0 Å². The van der Waals surface area contributed by atoms with E-state index in [0.717, 1.165) is 18.5 Å². The Morgan fingerprint density at radius 2 is 1.89 bits per heavy atom. The number of nitrogens with two attached hydrogens (primary N) is 1. The van der Waals surface area contributed by atoms with Crippen LogP contribution < -0.4 is 5.73 Å². The van der Waals surface area contributed by atoms with Gasteiger partial charge in [0.25, 0.3) is 0 Å². The summed E-state index contributed by atoms with van der Waals surface area (Å²) in [5.41, 5.74) is 9.90. The van der Waals surface area contributed by atoms with Gasteiger partial charge in [0.15, 0.2) is 5.13 Å². The van der Waals surface area contributed by atoms with Gasteiger partial charge in [-0.15, -0.1) is 11.3 Å². The number of hydrogen-bond acceptors (Lipinski definition) is 3. The zero-order valence-corrected chi connectivity index (χ0v) is 12.8. The number of aromatic nitrogens is 1. The average molecular weight is 274 g/mol. The summed E-state index contributed by atoms with van der Waals surface area (Å²) in [6, 6.07) is 8.70. The molecule has 102 valence electrons. The lowest BCUT2D eigenvalue weighted by atomic mass is 9.98. The molecule has 0 bridgehead atoms. The smallest absolute Gasteiger partial charge is 0.180 e. The van der Waals surface area contributed by atoms with Crippen LogP contribution in [0.15, 0.2) is 24.3 Å². The lowest BCUT2D eigenvalue weighted by Gasteiger charge is -2.09. The molecule has 0 saturated heterocycles. The summed E-state index contributed by atoms with van der Waals surface area (Å²) in [6.45, 7) is 6.58. The number of aryl methyl sites for hydroxylation is 1. The summed E-state index contributed by atoms with van der Waals surface area (Å²) in [7, 11) is 0. The zero-order chi connectivity index (χ0) is 13.8. The second kappa shape index (κ2) is 6.20. The highest BCUT2D eigenvalue weighted by Gasteiger charge is 2.14. The number of nitrogen functional groups attached to an aromatic ring is 1. The molecule has 0 radical (unpaired) electrons. The molecule has 1 heterocycles. The third kappa shape index (κ3) is 3.35. The average Bonchev–Trinajstić information content (AvgIpc) is 2.73. The van der Waals surface area contributed by atoms with Gasteiger partial charge in [0, 0.05) is 11.3 Å². The Kier molecular flexibility index (Phi) is 4.59. The van der Waals surface area contributed by atoms with Crippen molar-refractivity contribution in [1.82, 2.24) is 4.98 Å². The molecule has 0 aliphatic heterocycles. The molecule has 1 aromatic carbocycles. The van der Waals surface area contributed by atoms with Gasteiger partial charge in [-0.2, -0.15) is 0 Å². The topological polar surface area (TPSA) is 38.9 Å². The number of anilines is 1. The lowest BCUT2D eigenvalue weighted by Crippen LogP contribution is -1.98. The molecule has 0 atom stereocenters. The maximum atomic E-state index is 5.87. The highest BCUT2D eigenvalue weighted by molar-refractivity contribution is 7.15. The first-order valence-electron chi connectivity index (χ1n) is 6.93. The van der Waals surface area contributed by atoms with Gasteiger partial charge in [-0.05, 0) is 23.5 Å². The molecule has 0 spiro atoms. The van der Waals surface area contributed by atoms with Crippen LogP contribution in [0.25, 0.3) is 0 Å². The Morgan fingerprint density at radius 3 is 2.53 bits per heavy atom. The van der Waals surface area contributed by atoms with Crippen molar-refractivity contribution in [1.29, 1.82) is 0 Å². The summed E-state index contributed by atoms with van der Waals surface area (Å²) >= 11 is 1.63. The molecular formula is C16H22N2S. The quantitative estimate of drug-likeness (QED) is 0.878. The van der Waals surface area contributed by atoms with E-state index in [-0.39, 0.29) is 0 Å². The minimum atomic E-state index is 0.432. The Labute approximate surface area is 119 Å². The normalized spacial score (nSPS) is 11.2. The van der Waals surface area contributed by atoms with E-state index in [0.29, 0.717) is 11.0 Å². The molecule has 0 aliphatic carbocycles. The van der Waals surface area contributed by atoms with Crippen LogP contribution >= 0.6 is 11.3 Å². The second-order valence-corrected chi connectivity index (χ2v) is 6.33. The van der Waals surface area contributed by atoms with Crippen LogP contribution in [0.4, 0.5) is 5.13 Å². The molecule has 2 nitrogen and oxygen atoms in total. The third-order valence-corrected chi connectivity index (χ3v) is 4.18. The number of thiazole rings is 1. The van der Waals surface area contributed by atoms with E-state index >= 15 is 0 Å². The Hall–Kier alpha value is -1.35. The molecule has 2 aromatic rings. The van der Waals surface area contributed by atoms with Gasteiger partial charge in [0.1, 0.15) is 0 Å². The van der Waals surface area contributed by atoms with Gasteiger partial charge in [0.2, 0.25) is 0 Å². The maximum absolute atomic E-state index is 5.87. The lowest BCUT2D eigenvalue weighted by molar-refractivity contribution is 0.818. The standard InChI is InChI=1S/C16H22N2S/c1-4-7-12-8-5-6-9-13(12)10-14-15(11(2)3)18-16(17)19-14/h5-6,8-9,11H,4,7,10H2,1-3H3,(H2,17,18). The van der Waals surface area contributed by atoms with Gasteiger partial charge >= 0.3 is 0 Å². The highest BCUT2D eigenvalue weighted by Crippen LogP contribution is 2.29. The van der Waals surface area contributed by atoms with Crippen LogP contribution in [-0.2, 0) is 12.8 Å². The molecular weight excluding hydrogens is 252 g/mol. The first-order valence-corrected chi connectivity index (χ1v) is 7.75. The summed E-state index contributed by atoms with van der Waals surface area (Å²) in [5, 5.41) is 0.687. The molecule has 1 aromatic heterocycles. The summed E-state index contributed by atoms with van der Waals surface area (Å²) < 4.78 is 0. The van der Waals surface area contributed by atoms with Crippen molar-refractivity contribution < 1.29 is 0 Å². The number of benzene rings is 1. The van der Waals surface area contributed by atoms with E-state index < -0.39 is 0 Å². The van der Waals surface area contributed by atoms with Crippen molar-refractivity contribution in [2.75, 3.05) is 5.73 Å². The van der Waals surface area contributed by atoms with Crippen molar-refractivity contribution >= 4 is 16.5 Å². The van der Waals surface area contributed by atoms with Crippen LogP contribution in [0.3, 0.4) is 0 Å². The minimum absolute atomic E-state index is 0.432. The van der Waals surface area contributed by atoms with Gasteiger partial charge in [-0.25, -0.2) is 4.98 Å². The van der Waals surface area contributed by atoms with Crippen molar-refractivity contribution in [2.24, 2.45) is 0 Å². The van der Waals surface area contributed by atoms with E-state index in [4.69, 9.17) is 5.73 Å². The predicted octanol–water partition coefficient (Wildman–Crippen LogP) is 4.39. The van der Waals surface area contributed by atoms with Crippen LogP contribution in [0.1, 0.15) is 54.8 Å². The Balaban J connectivity index is 2.31. The second-order valence-electron chi connectivity index (χ2n) is 5.21. The molecule has 0 fully saturated rings. The maximum Gasteiger partial charge on any atom is 0.180 e. The highest BCUT2D eigenvalue weighted by atomic mass is 32.1. The first kappa shape index (κ1) is 14.1. The SMILES string of the molecule is CCCc1ccccc1Cc1sc(N)nc1C(C)C.